The number of carboxylic acid groups (broad SMARTS) is 1. The summed E-state index contributed by atoms with van der Waals surface area (Å²) in [6, 6.07) is 3.55. The van der Waals surface area contributed by atoms with Crippen LogP contribution in [-0.2, 0) is 10.0 Å². The second-order valence-corrected chi connectivity index (χ2v) is 6.63. The fourth-order valence-electron chi connectivity index (χ4n) is 2.21. The molecule has 1 aliphatic rings. The Hall–Kier alpha value is -1.60. The molecule has 7 heteroatoms. The van der Waals surface area contributed by atoms with Crippen molar-refractivity contribution in [1.29, 1.82) is 0 Å². The molecule has 0 aliphatic heterocycles. The van der Waals surface area contributed by atoms with Crippen LogP contribution in [0.2, 0.25) is 0 Å². The highest BCUT2D eigenvalue weighted by atomic mass is 32.2. The van der Waals surface area contributed by atoms with Crippen LogP contribution in [0.1, 0.15) is 30.1 Å². The smallest absolute Gasteiger partial charge is 0.335 e. The van der Waals surface area contributed by atoms with Gasteiger partial charge in [0.15, 0.2) is 0 Å². The molecule has 1 fully saturated rings. The Labute approximate surface area is 111 Å². The van der Waals surface area contributed by atoms with Gasteiger partial charge in [-0.1, -0.05) is 6.92 Å². The van der Waals surface area contributed by atoms with Gasteiger partial charge in [0.1, 0.15) is 4.90 Å². The number of carbonyl (C=O) groups is 1. The number of sulfonamides is 1. The first-order chi connectivity index (χ1) is 8.79. The number of nitrogens with one attached hydrogen (secondary N) is 1. The Morgan fingerprint density at radius 1 is 1.42 bits per heavy atom. The predicted molar refractivity (Wildman–Crippen MR) is 70.3 cm³/mol. The van der Waals surface area contributed by atoms with Gasteiger partial charge in [-0.05, 0) is 37.0 Å². The van der Waals surface area contributed by atoms with Crippen LogP contribution in [0.4, 0.5) is 5.69 Å². The zero-order valence-corrected chi connectivity index (χ0v) is 11.3. The standard InChI is InChI=1S/C12H16N2O4S/c1-7-4-9(5-7)14-19(17,18)11-3-2-8(12(15)16)6-10(11)13/h2-3,6-7,9,14H,4-5,13H2,1H3,(H,15,16). The highest BCUT2D eigenvalue weighted by molar-refractivity contribution is 7.89. The third-order valence-electron chi connectivity index (χ3n) is 3.24. The lowest BCUT2D eigenvalue weighted by molar-refractivity contribution is 0.0697. The van der Waals surface area contributed by atoms with Gasteiger partial charge >= 0.3 is 5.97 Å². The maximum atomic E-state index is 12.1. The minimum absolute atomic E-state index is 0.0336. The van der Waals surface area contributed by atoms with Crippen LogP contribution in [0.25, 0.3) is 0 Å². The summed E-state index contributed by atoms with van der Waals surface area (Å²) in [5, 5.41) is 8.80. The first-order valence-corrected chi connectivity index (χ1v) is 7.43. The van der Waals surface area contributed by atoms with E-state index in [9.17, 15) is 13.2 Å². The molecule has 0 radical (unpaired) electrons. The van der Waals surface area contributed by atoms with Gasteiger partial charge in [-0.3, -0.25) is 0 Å². The molecule has 0 amide bonds. The minimum Gasteiger partial charge on any atom is -0.478 e. The summed E-state index contributed by atoms with van der Waals surface area (Å²) in [4.78, 5) is 10.7. The maximum Gasteiger partial charge on any atom is 0.335 e. The second-order valence-electron chi connectivity index (χ2n) is 4.95. The SMILES string of the molecule is CC1CC(NS(=O)(=O)c2ccc(C(=O)O)cc2N)C1. The summed E-state index contributed by atoms with van der Waals surface area (Å²) in [5.74, 6) is -0.615. The number of hydrogen-bond acceptors (Lipinski definition) is 4. The van der Waals surface area contributed by atoms with Crippen molar-refractivity contribution in [3.63, 3.8) is 0 Å². The van der Waals surface area contributed by atoms with Crippen molar-refractivity contribution < 1.29 is 18.3 Å². The molecule has 0 bridgehead atoms. The van der Waals surface area contributed by atoms with Crippen LogP contribution < -0.4 is 10.5 Å². The van der Waals surface area contributed by atoms with Gasteiger partial charge < -0.3 is 10.8 Å². The number of carboxylic acids is 1. The summed E-state index contributed by atoms with van der Waals surface area (Å²) in [6.07, 6.45) is 1.62. The third-order valence-corrected chi connectivity index (χ3v) is 4.84. The molecule has 1 aliphatic carbocycles. The van der Waals surface area contributed by atoms with Gasteiger partial charge in [0.2, 0.25) is 10.0 Å². The molecule has 4 N–H and O–H groups in total. The van der Waals surface area contributed by atoms with E-state index >= 15 is 0 Å². The first kappa shape index (κ1) is 13.8. The van der Waals surface area contributed by atoms with Crippen LogP contribution in [-0.4, -0.2) is 25.5 Å². The maximum absolute atomic E-state index is 12.1. The molecule has 6 nitrogen and oxygen atoms in total. The molecule has 2 rings (SSSR count). The number of anilines is 1. The quantitative estimate of drug-likeness (QED) is 0.716. The lowest BCUT2D eigenvalue weighted by atomic mass is 9.83. The van der Waals surface area contributed by atoms with Crippen LogP contribution in [0.3, 0.4) is 0 Å². The van der Waals surface area contributed by atoms with E-state index in [1.165, 1.54) is 12.1 Å². The van der Waals surface area contributed by atoms with E-state index in [2.05, 4.69) is 11.6 Å². The summed E-state index contributed by atoms with van der Waals surface area (Å²) in [5.41, 5.74) is 5.54. The van der Waals surface area contributed by atoms with E-state index in [0.29, 0.717) is 5.92 Å². The number of rotatable bonds is 4. The highest BCUT2D eigenvalue weighted by Crippen LogP contribution is 2.29. The van der Waals surface area contributed by atoms with Gasteiger partial charge in [0.25, 0.3) is 0 Å². The molecule has 1 aromatic carbocycles. The van der Waals surface area contributed by atoms with Gasteiger partial charge in [-0.2, -0.15) is 0 Å². The van der Waals surface area contributed by atoms with Crippen LogP contribution in [0.15, 0.2) is 23.1 Å². The van der Waals surface area contributed by atoms with Crippen molar-refractivity contribution in [1.82, 2.24) is 4.72 Å². The second kappa shape index (κ2) is 4.82. The van der Waals surface area contributed by atoms with Gasteiger partial charge in [-0.25, -0.2) is 17.9 Å². The number of aromatic carboxylic acids is 1. The molecular formula is C12H16N2O4S. The molecule has 0 atom stereocenters. The predicted octanol–water partition coefficient (Wildman–Crippen LogP) is 1.04. The molecular weight excluding hydrogens is 268 g/mol. The van der Waals surface area contributed by atoms with Crippen LogP contribution in [0, 0.1) is 5.92 Å². The average Bonchev–Trinajstić information content (AvgIpc) is 2.26. The van der Waals surface area contributed by atoms with E-state index in [0.717, 1.165) is 18.9 Å². The van der Waals surface area contributed by atoms with Crippen molar-refractivity contribution in [2.24, 2.45) is 5.92 Å². The first-order valence-electron chi connectivity index (χ1n) is 5.95. The number of benzene rings is 1. The van der Waals surface area contributed by atoms with E-state index in [1.54, 1.807) is 0 Å². The Balaban J connectivity index is 2.23. The number of hydrogen-bond donors (Lipinski definition) is 3. The molecule has 104 valence electrons. The van der Waals surface area contributed by atoms with Crippen molar-refractivity contribution in [3.05, 3.63) is 23.8 Å². The number of nitrogen functional groups attached to an aromatic ring is 1. The Morgan fingerprint density at radius 2 is 2.05 bits per heavy atom. The van der Waals surface area contributed by atoms with E-state index < -0.39 is 16.0 Å². The molecule has 0 heterocycles. The molecule has 0 saturated heterocycles. The van der Waals surface area contributed by atoms with Crippen molar-refractivity contribution >= 4 is 21.7 Å². The molecule has 19 heavy (non-hydrogen) atoms. The average molecular weight is 284 g/mol. The fourth-order valence-corrected chi connectivity index (χ4v) is 3.58. The van der Waals surface area contributed by atoms with Crippen molar-refractivity contribution in [3.8, 4) is 0 Å². The molecule has 0 aromatic heterocycles. The summed E-state index contributed by atoms with van der Waals surface area (Å²) in [6.45, 7) is 2.06. The lowest BCUT2D eigenvalue weighted by Crippen LogP contribution is -2.43. The Bertz CT molecular complexity index is 606. The lowest BCUT2D eigenvalue weighted by Gasteiger charge is -2.33. The fraction of sp³-hybridized carbons (Fsp3) is 0.417. The largest absolute Gasteiger partial charge is 0.478 e. The molecule has 1 saturated carbocycles. The highest BCUT2D eigenvalue weighted by Gasteiger charge is 2.30. The Morgan fingerprint density at radius 3 is 2.53 bits per heavy atom. The molecule has 0 spiro atoms. The van der Waals surface area contributed by atoms with Crippen LogP contribution in [0.5, 0.6) is 0 Å². The van der Waals surface area contributed by atoms with E-state index in [-0.39, 0.29) is 22.2 Å². The summed E-state index contributed by atoms with van der Waals surface area (Å²) < 4.78 is 26.8. The van der Waals surface area contributed by atoms with E-state index in [1.807, 2.05) is 0 Å². The van der Waals surface area contributed by atoms with Crippen LogP contribution >= 0.6 is 0 Å². The van der Waals surface area contributed by atoms with Gasteiger partial charge in [-0.15, -0.1) is 0 Å². The molecule has 0 unspecified atom stereocenters. The van der Waals surface area contributed by atoms with Crippen molar-refractivity contribution in [2.75, 3.05) is 5.73 Å². The summed E-state index contributed by atoms with van der Waals surface area (Å²) >= 11 is 0. The minimum atomic E-state index is -3.68. The number of nitrogens with two attached hydrogens (primary N) is 1. The zero-order chi connectivity index (χ0) is 14.2. The van der Waals surface area contributed by atoms with Crippen molar-refractivity contribution in [2.45, 2.75) is 30.7 Å². The summed E-state index contributed by atoms with van der Waals surface area (Å²) in [7, 11) is -3.68. The van der Waals surface area contributed by atoms with Gasteiger partial charge in [0.05, 0.1) is 11.3 Å². The zero-order valence-electron chi connectivity index (χ0n) is 10.5. The van der Waals surface area contributed by atoms with Gasteiger partial charge in [0, 0.05) is 6.04 Å². The Kier molecular flexibility index (Phi) is 3.51. The molecule has 1 aromatic rings. The van der Waals surface area contributed by atoms with E-state index in [4.69, 9.17) is 10.8 Å². The monoisotopic (exact) mass is 284 g/mol. The normalized spacial score (nSPS) is 22.8. The topological polar surface area (TPSA) is 109 Å². The third kappa shape index (κ3) is 2.87.